The van der Waals surface area contributed by atoms with Gasteiger partial charge in [0.15, 0.2) is 0 Å². The van der Waals surface area contributed by atoms with E-state index >= 15 is 0 Å². The molecule has 0 unspecified atom stereocenters. The lowest BCUT2D eigenvalue weighted by molar-refractivity contribution is -0.144. The summed E-state index contributed by atoms with van der Waals surface area (Å²) in [5.74, 6) is -1.00. The number of pyridine rings is 1. The number of rotatable bonds is 9. The molecule has 8 nitrogen and oxygen atoms in total. The van der Waals surface area contributed by atoms with Crippen molar-refractivity contribution in [1.82, 2.24) is 14.8 Å². The van der Waals surface area contributed by atoms with E-state index in [1.807, 2.05) is 42.5 Å². The van der Waals surface area contributed by atoms with Gasteiger partial charge in [-0.15, -0.1) is 0 Å². The molecule has 0 saturated carbocycles. The van der Waals surface area contributed by atoms with Crippen LogP contribution in [0.1, 0.15) is 48.9 Å². The minimum atomic E-state index is -0.433. The monoisotopic (exact) mass is 619 g/mol. The number of fused-ring (bicyclic) bond motifs is 3. The highest BCUT2D eigenvalue weighted by Gasteiger charge is 2.58. The van der Waals surface area contributed by atoms with E-state index in [0.717, 1.165) is 54.9 Å². The number of phenolic OH excluding ortho intramolecular Hbond substituents is 1. The van der Waals surface area contributed by atoms with Crippen LogP contribution in [0.5, 0.6) is 5.75 Å². The summed E-state index contributed by atoms with van der Waals surface area (Å²) in [6.07, 6.45) is 6.68. The number of imide groups is 1. The van der Waals surface area contributed by atoms with Gasteiger partial charge >= 0.3 is 0 Å². The fourth-order valence-electron chi connectivity index (χ4n) is 8.09. The van der Waals surface area contributed by atoms with E-state index in [-0.39, 0.29) is 42.2 Å². The predicted octanol–water partition coefficient (Wildman–Crippen LogP) is 5.08. The summed E-state index contributed by atoms with van der Waals surface area (Å²) in [5, 5.41) is 20.9. The van der Waals surface area contributed by atoms with E-state index < -0.39 is 11.8 Å². The SMILES string of the molecule is O=C1[C@@H]2[C@@H](CC(CO)=C3[C@@H](CC/C(=C/c4ccccc4O)c4ccccn4)OC[C@@H]32)C(=O)N1C1CCN(Cc2ccccc2)CC1. The lowest BCUT2D eigenvalue weighted by atomic mass is 9.69. The lowest BCUT2D eigenvalue weighted by Crippen LogP contribution is -2.47. The molecule has 4 atom stereocenters. The first-order chi connectivity index (χ1) is 22.5. The Morgan fingerprint density at radius 1 is 0.935 bits per heavy atom. The van der Waals surface area contributed by atoms with Crippen LogP contribution in [0, 0.1) is 17.8 Å². The van der Waals surface area contributed by atoms with E-state index in [0.29, 0.717) is 31.4 Å². The molecule has 4 heterocycles. The Morgan fingerprint density at radius 2 is 1.70 bits per heavy atom. The average Bonchev–Trinajstić information content (AvgIpc) is 3.62. The molecule has 46 heavy (non-hydrogen) atoms. The Kier molecular flexibility index (Phi) is 8.84. The first kappa shape index (κ1) is 30.5. The van der Waals surface area contributed by atoms with Crippen molar-refractivity contribution < 1.29 is 24.5 Å². The second-order valence-corrected chi connectivity index (χ2v) is 13.0. The third kappa shape index (κ3) is 5.93. The zero-order valence-corrected chi connectivity index (χ0v) is 26.0. The minimum Gasteiger partial charge on any atom is -0.507 e. The van der Waals surface area contributed by atoms with Crippen molar-refractivity contribution in [3.63, 3.8) is 0 Å². The van der Waals surface area contributed by atoms with E-state index in [2.05, 4.69) is 34.1 Å². The van der Waals surface area contributed by atoms with E-state index in [9.17, 15) is 19.8 Å². The number of aromatic nitrogens is 1. The third-order valence-corrected chi connectivity index (χ3v) is 10.3. The maximum atomic E-state index is 14.1. The number of carbonyl (C=O) groups is 2. The van der Waals surface area contributed by atoms with Gasteiger partial charge in [0.1, 0.15) is 5.75 Å². The summed E-state index contributed by atoms with van der Waals surface area (Å²) >= 11 is 0. The van der Waals surface area contributed by atoms with Crippen LogP contribution in [-0.4, -0.2) is 75.3 Å². The quantitative estimate of drug-likeness (QED) is 0.254. The highest BCUT2D eigenvalue weighted by molar-refractivity contribution is 6.06. The van der Waals surface area contributed by atoms with Crippen LogP contribution in [0.4, 0.5) is 0 Å². The molecule has 4 aliphatic rings. The summed E-state index contributed by atoms with van der Waals surface area (Å²) in [5.41, 5.74) is 5.62. The number of nitrogens with zero attached hydrogens (tertiary/aromatic N) is 3. The highest BCUT2D eigenvalue weighted by Crippen LogP contribution is 2.50. The van der Waals surface area contributed by atoms with Gasteiger partial charge in [-0.3, -0.25) is 24.4 Å². The van der Waals surface area contributed by atoms with Crippen molar-refractivity contribution in [2.45, 2.75) is 50.8 Å². The molecule has 7 rings (SSSR count). The van der Waals surface area contributed by atoms with Gasteiger partial charge in [0, 0.05) is 43.4 Å². The predicted molar refractivity (Wildman–Crippen MR) is 175 cm³/mol. The Balaban J connectivity index is 1.06. The molecule has 238 valence electrons. The van der Waals surface area contributed by atoms with Gasteiger partial charge in [-0.25, -0.2) is 0 Å². The number of aliphatic hydroxyl groups is 1. The molecular weight excluding hydrogens is 578 g/mol. The van der Waals surface area contributed by atoms with Crippen LogP contribution >= 0.6 is 0 Å². The van der Waals surface area contributed by atoms with E-state index in [1.54, 1.807) is 23.2 Å². The second kappa shape index (κ2) is 13.3. The van der Waals surface area contributed by atoms with Crippen LogP contribution in [-0.2, 0) is 20.9 Å². The number of allylic oxidation sites excluding steroid dienone is 1. The molecule has 3 fully saturated rings. The number of para-hydroxylation sites is 1. The van der Waals surface area contributed by atoms with E-state index in [1.165, 1.54) is 5.56 Å². The van der Waals surface area contributed by atoms with Gasteiger partial charge in [0.05, 0.1) is 36.8 Å². The van der Waals surface area contributed by atoms with Crippen molar-refractivity contribution >= 4 is 23.5 Å². The number of piperidine rings is 1. The standard InChI is InChI=1S/C38H41N3O5/c42-23-28-21-30-36(38(45)41(37(30)44)29-15-18-40(19-16-29)22-25-8-2-1-3-9-25)31-24-46-34(35(28)31)14-13-26(32-11-6-7-17-39-32)20-27-10-4-5-12-33(27)43/h1-12,17,20,29-31,34,36,42-43H,13-16,18-19,21-24H2/b26-20-/t30-,31+,34-,36-/m1/s1. The summed E-state index contributed by atoms with van der Waals surface area (Å²) in [7, 11) is 0. The van der Waals surface area contributed by atoms with Gasteiger partial charge in [0.2, 0.25) is 11.8 Å². The first-order valence-corrected chi connectivity index (χ1v) is 16.5. The summed E-state index contributed by atoms with van der Waals surface area (Å²) in [4.78, 5) is 36.5. The maximum Gasteiger partial charge on any atom is 0.234 e. The molecule has 2 aromatic carbocycles. The molecule has 0 bridgehead atoms. The number of hydrogen-bond acceptors (Lipinski definition) is 7. The van der Waals surface area contributed by atoms with Crippen LogP contribution in [0.3, 0.4) is 0 Å². The summed E-state index contributed by atoms with van der Waals surface area (Å²) < 4.78 is 6.38. The van der Waals surface area contributed by atoms with Gasteiger partial charge in [-0.2, -0.15) is 0 Å². The number of aromatic hydroxyl groups is 1. The van der Waals surface area contributed by atoms with Crippen molar-refractivity contribution in [1.29, 1.82) is 0 Å². The number of benzene rings is 2. The molecule has 3 aliphatic heterocycles. The smallest absolute Gasteiger partial charge is 0.234 e. The van der Waals surface area contributed by atoms with Crippen LogP contribution in [0.15, 0.2) is 90.1 Å². The molecule has 1 aromatic heterocycles. The fourth-order valence-corrected chi connectivity index (χ4v) is 8.09. The van der Waals surface area contributed by atoms with Crippen molar-refractivity contribution in [2.75, 3.05) is 26.3 Å². The number of ether oxygens (including phenoxy) is 1. The first-order valence-electron chi connectivity index (χ1n) is 16.5. The number of aliphatic hydroxyl groups excluding tert-OH is 1. The maximum absolute atomic E-state index is 14.1. The Bertz CT molecular complexity index is 1630. The molecule has 8 heteroatoms. The van der Waals surface area contributed by atoms with Gasteiger partial charge in [-0.05, 0) is 78.7 Å². The van der Waals surface area contributed by atoms with Gasteiger partial charge < -0.3 is 14.9 Å². The molecule has 3 saturated heterocycles. The minimum absolute atomic E-state index is 0.0612. The fraction of sp³-hybridized carbons (Fsp3) is 0.395. The van der Waals surface area contributed by atoms with Gasteiger partial charge in [0.25, 0.3) is 0 Å². The Labute approximate surface area is 270 Å². The van der Waals surface area contributed by atoms with Crippen molar-refractivity contribution in [3.8, 4) is 5.75 Å². The molecule has 0 spiro atoms. The van der Waals surface area contributed by atoms with E-state index in [4.69, 9.17) is 4.74 Å². The number of phenols is 1. The zero-order valence-electron chi connectivity index (χ0n) is 26.0. The number of hydrogen-bond donors (Lipinski definition) is 2. The average molecular weight is 620 g/mol. The molecule has 2 amide bonds. The summed E-state index contributed by atoms with van der Waals surface area (Å²) in [6, 6.07) is 23.3. The van der Waals surface area contributed by atoms with Crippen LogP contribution in [0.2, 0.25) is 0 Å². The topological polar surface area (TPSA) is 103 Å². The Hall–Kier alpha value is -4.11. The number of amides is 2. The van der Waals surface area contributed by atoms with Gasteiger partial charge in [-0.1, -0.05) is 54.6 Å². The molecular formula is C38H41N3O5. The third-order valence-electron chi connectivity index (χ3n) is 10.3. The highest BCUT2D eigenvalue weighted by atomic mass is 16.5. The van der Waals surface area contributed by atoms with Crippen LogP contribution in [0.25, 0.3) is 11.6 Å². The van der Waals surface area contributed by atoms with Crippen molar-refractivity contribution in [2.24, 2.45) is 17.8 Å². The molecule has 2 N–H and O–H groups in total. The van der Waals surface area contributed by atoms with Crippen LogP contribution < -0.4 is 0 Å². The zero-order chi connectivity index (χ0) is 31.6. The lowest BCUT2D eigenvalue weighted by Gasteiger charge is -2.36. The molecule has 0 radical (unpaired) electrons. The normalized spacial score (nSPS) is 25.7. The second-order valence-electron chi connectivity index (χ2n) is 13.0. The summed E-state index contributed by atoms with van der Waals surface area (Å²) in [6.45, 7) is 2.79. The number of carbonyl (C=O) groups excluding carboxylic acids is 2. The number of likely N-dealkylation sites (tertiary alicyclic amines) is 2. The van der Waals surface area contributed by atoms with Crippen molar-refractivity contribution in [3.05, 3.63) is 107 Å². The largest absolute Gasteiger partial charge is 0.507 e. The molecule has 3 aromatic rings. The molecule has 1 aliphatic carbocycles. The Morgan fingerprint density at radius 3 is 2.43 bits per heavy atom.